The van der Waals surface area contributed by atoms with Gasteiger partial charge < -0.3 is 15.0 Å². The SMILES string of the molecule is Cc1nc(COc2cccc(/C=C/C(=O)N3CCN(CC(=O)NC4CC4)CC3)c2)cs1. The lowest BCUT2D eigenvalue weighted by molar-refractivity contribution is -0.128. The molecule has 2 aromatic rings. The number of aryl methyl sites for hydroxylation is 1. The second-order valence-corrected chi connectivity index (χ2v) is 9.06. The van der Waals surface area contributed by atoms with E-state index < -0.39 is 0 Å². The highest BCUT2D eigenvalue weighted by Crippen LogP contribution is 2.19. The Bertz CT molecular complexity index is 946. The van der Waals surface area contributed by atoms with Crippen LogP contribution in [-0.4, -0.2) is 65.4 Å². The summed E-state index contributed by atoms with van der Waals surface area (Å²) in [5, 5.41) is 6.03. The van der Waals surface area contributed by atoms with E-state index in [2.05, 4.69) is 15.2 Å². The summed E-state index contributed by atoms with van der Waals surface area (Å²) in [4.78, 5) is 32.8. The molecule has 2 amide bonds. The number of hydrogen-bond donors (Lipinski definition) is 1. The van der Waals surface area contributed by atoms with Crippen LogP contribution in [0, 0.1) is 6.92 Å². The first-order valence-electron chi connectivity index (χ1n) is 10.7. The summed E-state index contributed by atoms with van der Waals surface area (Å²) >= 11 is 1.61. The Morgan fingerprint density at radius 2 is 2.06 bits per heavy atom. The van der Waals surface area contributed by atoms with Crippen molar-refractivity contribution in [1.29, 1.82) is 0 Å². The molecule has 0 unspecified atom stereocenters. The number of benzene rings is 1. The zero-order chi connectivity index (χ0) is 21.6. The Morgan fingerprint density at radius 1 is 1.26 bits per heavy atom. The second-order valence-electron chi connectivity index (χ2n) is 8.00. The molecule has 31 heavy (non-hydrogen) atoms. The van der Waals surface area contributed by atoms with Crippen molar-refractivity contribution in [2.24, 2.45) is 0 Å². The number of ether oxygens (including phenoxy) is 1. The average Bonchev–Trinajstić information content (AvgIpc) is 3.48. The zero-order valence-corrected chi connectivity index (χ0v) is 18.6. The number of nitrogens with zero attached hydrogens (tertiary/aromatic N) is 3. The average molecular weight is 441 g/mol. The van der Waals surface area contributed by atoms with Gasteiger partial charge >= 0.3 is 0 Å². The quantitative estimate of drug-likeness (QED) is 0.639. The minimum Gasteiger partial charge on any atom is -0.487 e. The first-order valence-corrected chi connectivity index (χ1v) is 11.6. The standard InChI is InChI=1S/C23H28N4O3S/c1-17-24-20(16-31-17)15-30-21-4-2-3-18(13-21)5-8-23(29)27-11-9-26(10-12-27)14-22(28)25-19-6-7-19/h2-5,8,13,16,19H,6-7,9-12,14-15H2,1H3,(H,25,28)/b8-5+. The highest BCUT2D eigenvalue weighted by atomic mass is 32.1. The van der Waals surface area contributed by atoms with E-state index in [0.29, 0.717) is 32.3 Å². The highest BCUT2D eigenvalue weighted by molar-refractivity contribution is 7.09. The second kappa shape index (κ2) is 10.1. The molecule has 0 bridgehead atoms. The molecule has 2 aliphatic rings. The van der Waals surface area contributed by atoms with Crippen molar-refractivity contribution in [1.82, 2.24) is 20.1 Å². The fraction of sp³-hybridized carbons (Fsp3) is 0.435. The third kappa shape index (κ3) is 6.63. The van der Waals surface area contributed by atoms with Gasteiger partial charge in [-0.1, -0.05) is 12.1 Å². The van der Waals surface area contributed by atoms with Crippen LogP contribution in [0.2, 0.25) is 0 Å². The third-order valence-electron chi connectivity index (χ3n) is 5.32. The van der Waals surface area contributed by atoms with Crippen molar-refractivity contribution < 1.29 is 14.3 Å². The van der Waals surface area contributed by atoms with Gasteiger partial charge in [0.1, 0.15) is 12.4 Å². The summed E-state index contributed by atoms with van der Waals surface area (Å²) in [5.74, 6) is 0.832. The lowest BCUT2D eigenvalue weighted by Crippen LogP contribution is -2.51. The first kappa shape index (κ1) is 21.5. The third-order valence-corrected chi connectivity index (χ3v) is 6.15. The maximum Gasteiger partial charge on any atom is 0.246 e. The van der Waals surface area contributed by atoms with Gasteiger partial charge in [-0.2, -0.15) is 0 Å². The first-order chi connectivity index (χ1) is 15.0. The molecule has 164 valence electrons. The maximum absolute atomic E-state index is 12.6. The number of carbonyl (C=O) groups excluding carboxylic acids is 2. The number of amides is 2. The van der Waals surface area contributed by atoms with Crippen LogP contribution in [0.15, 0.2) is 35.7 Å². The van der Waals surface area contributed by atoms with Gasteiger partial charge in [-0.25, -0.2) is 4.98 Å². The topological polar surface area (TPSA) is 74.8 Å². The normalized spacial score (nSPS) is 17.1. The van der Waals surface area contributed by atoms with Crippen LogP contribution in [0.5, 0.6) is 5.75 Å². The van der Waals surface area contributed by atoms with Gasteiger partial charge in [0.25, 0.3) is 0 Å². The summed E-state index contributed by atoms with van der Waals surface area (Å²) in [6.45, 7) is 5.53. The molecule has 1 aromatic carbocycles. The van der Waals surface area contributed by atoms with E-state index in [-0.39, 0.29) is 11.8 Å². The molecule has 0 radical (unpaired) electrons. The Balaban J connectivity index is 1.23. The van der Waals surface area contributed by atoms with Gasteiger partial charge in [0.15, 0.2) is 0 Å². The van der Waals surface area contributed by atoms with Crippen LogP contribution in [0.1, 0.15) is 29.1 Å². The van der Waals surface area contributed by atoms with Gasteiger partial charge in [-0.05, 0) is 43.5 Å². The van der Waals surface area contributed by atoms with E-state index in [4.69, 9.17) is 4.74 Å². The summed E-state index contributed by atoms with van der Waals surface area (Å²) in [6, 6.07) is 8.06. The van der Waals surface area contributed by atoms with Crippen molar-refractivity contribution in [2.45, 2.75) is 32.4 Å². The molecule has 1 aromatic heterocycles. The van der Waals surface area contributed by atoms with Crippen LogP contribution < -0.4 is 10.1 Å². The van der Waals surface area contributed by atoms with Crippen LogP contribution in [-0.2, 0) is 16.2 Å². The van der Waals surface area contributed by atoms with E-state index in [0.717, 1.165) is 47.9 Å². The Kier molecular flexibility index (Phi) is 6.99. The van der Waals surface area contributed by atoms with Crippen molar-refractivity contribution in [3.8, 4) is 5.75 Å². The van der Waals surface area contributed by atoms with Crippen molar-refractivity contribution in [3.63, 3.8) is 0 Å². The monoisotopic (exact) mass is 440 g/mol. The Labute approximate surface area is 186 Å². The summed E-state index contributed by atoms with van der Waals surface area (Å²) in [6.07, 6.45) is 5.62. The lowest BCUT2D eigenvalue weighted by Gasteiger charge is -2.33. The van der Waals surface area contributed by atoms with E-state index in [9.17, 15) is 9.59 Å². The molecule has 1 N–H and O–H groups in total. The largest absolute Gasteiger partial charge is 0.487 e. The molecule has 1 saturated carbocycles. The van der Waals surface area contributed by atoms with E-state index >= 15 is 0 Å². The number of piperazine rings is 1. The van der Waals surface area contributed by atoms with Crippen LogP contribution >= 0.6 is 11.3 Å². The number of carbonyl (C=O) groups is 2. The molecule has 2 heterocycles. The molecule has 0 spiro atoms. The predicted molar refractivity (Wildman–Crippen MR) is 121 cm³/mol. The summed E-state index contributed by atoms with van der Waals surface area (Å²) in [7, 11) is 0. The number of aromatic nitrogens is 1. The van der Waals surface area contributed by atoms with E-state index in [1.165, 1.54) is 0 Å². The number of hydrogen-bond acceptors (Lipinski definition) is 6. The number of rotatable bonds is 8. The molecule has 8 heteroatoms. The fourth-order valence-electron chi connectivity index (χ4n) is 3.44. The summed E-state index contributed by atoms with van der Waals surface area (Å²) in [5.41, 5.74) is 1.83. The molecule has 4 rings (SSSR count). The molecule has 7 nitrogen and oxygen atoms in total. The molecule has 1 saturated heterocycles. The van der Waals surface area contributed by atoms with Gasteiger partial charge in [-0.3, -0.25) is 14.5 Å². The Morgan fingerprint density at radius 3 is 2.77 bits per heavy atom. The minimum atomic E-state index is -0.00801. The van der Waals surface area contributed by atoms with Gasteiger partial charge in [0.05, 0.1) is 17.2 Å². The van der Waals surface area contributed by atoms with Gasteiger partial charge in [-0.15, -0.1) is 11.3 Å². The van der Waals surface area contributed by atoms with Crippen LogP contribution in [0.3, 0.4) is 0 Å². The highest BCUT2D eigenvalue weighted by Gasteiger charge is 2.25. The minimum absolute atomic E-state index is 0.00801. The van der Waals surface area contributed by atoms with Crippen LogP contribution in [0.4, 0.5) is 0 Å². The van der Waals surface area contributed by atoms with Gasteiger partial charge in [0.2, 0.25) is 11.8 Å². The van der Waals surface area contributed by atoms with Crippen LogP contribution in [0.25, 0.3) is 6.08 Å². The van der Waals surface area contributed by atoms with Crippen molar-refractivity contribution in [2.75, 3.05) is 32.7 Å². The molecule has 1 aliphatic carbocycles. The van der Waals surface area contributed by atoms with E-state index in [1.807, 2.05) is 47.5 Å². The summed E-state index contributed by atoms with van der Waals surface area (Å²) < 4.78 is 5.82. The zero-order valence-electron chi connectivity index (χ0n) is 17.8. The maximum atomic E-state index is 12.6. The van der Waals surface area contributed by atoms with E-state index in [1.54, 1.807) is 17.4 Å². The van der Waals surface area contributed by atoms with Crippen molar-refractivity contribution in [3.05, 3.63) is 52.0 Å². The molecule has 1 aliphatic heterocycles. The van der Waals surface area contributed by atoms with Gasteiger partial charge in [0, 0.05) is 43.7 Å². The molecular weight excluding hydrogens is 412 g/mol. The lowest BCUT2D eigenvalue weighted by atomic mass is 10.2. The smallest absolute Gasteiger partial charge is 0.246 e. The molecular formula is C23H28N4O3S. The molecule has 2 fully saturated rings. The molecule has 0 atom stereocenters. The van der Waals surface area contributed by atoms with Crippen molar-refractivity contribution >= 4 is 29.2 Å². The number of nitrogens with one attached hydrogen (secondary N) is 1. The fourth-order valence-corrected chi connectivity index (χ4v) is 4.04. The predicted octanol–water partition coefficient (Wildman–Crippen LogP) is 2.47. The Hall–Kier alpha value is -2.71. The number of thiazole rings is 1.